The van der Waals surface area contributed by atoms with E-state index in [2.05, 4.69) is 33.5 Å². The van der Waals surface area contributed by atoms with Gasteiger partial charge in [0.1, 0.15) is 0 Å². The highest BCUT2D eigenvalue weighted by Gasteiger charge is 2.35. The van der Waals surface area contributed by atoms with E-state index in [9.17, 15) is 8.42 Å². The molecular formula is C26H32N4O2S. The molecule has 0 bridgehead atoms. The summed E-state index contributed by atoms with van der Waals surface area (Å²) < 4.78 is 28.0. The third kappa shape index (κ3) is 4.75. The van der Waals surface area contributed by atoms with Gasteiger partial charge in [-0.1, -0.05) is 19.3 Å². The van der Waals surface area contributed by atoms with Gasteiger partial charge >= 0.3 is 0 Å². The molecule has 33 heavy (non-hydrogen) atoms. The molecule has 0 atom stereocenters. The predicted octanol–water partition coefficient (Wildman–Crippen LogP) is 5.14. The highest BCUT2D eigenvalue weighted by molar-refractivity contribution is 7.89. The van der Waals surface area contributed by atoms with E-state index in [1.54, 1.807) is 4.31 Å². The Morgan fingerprint density at radius 1 is 0.939 bits per heavy atom. The molecule has 1 aromatic carbocycles. The minimum absolute atomic E-state index is 0.175. The minimum Gasteiger partial charge on any atom is -0.382 e. The molecule has 2 aliphatic rings. The fraction of sp³-hybridized carbons (Fsp3) is 0.462. The summed E-state index contributed by atoms with van der Waals surface area (Å²) in [6.07, 6.45) is 12.1. The lowest BCUT2D eigenvalue weighted by Crippen LogP contribution is -2.46. The molecule has 2 fully saturated rings. The maximum Gasteiger partial charge on any atom is 0.216 e. The van der Waals surface area contributed by atoms with E-state index in [-0.39, 0.29) is 11.3 Å². The number of aryl methyl sites for hydroxylation is 1. The summed E-state index contributed by atoms with van der Waals surface area (Å²) >= 11 is 0. The Labute approximate surface area is 196 Å². The van der Waals surface area contributed by atoms with Crippen LogP contribution in [0.5, 0.6) is 0 Å². The van der Waals surface area contributed by atoms with Crippen molar-refractivity contribution in [2.45, 2.75) is 63.2 Å². The van der Waals surface area contributed by atoms with Crippen LogP contribution in [0.15, 0.2) is 48.9 Å². The molecule has 3 heterocycles. The van der Waals surface area contributed by atoms with Gasteiger partial charge in [-0.15, -0.1) is 0 Å². The Balaban J connectivity index is 1.34. The molecule has 0 unspecified atom stereocenters. The number of aromatic nitrogens is 2. The van der Waals surface area contributed by atoms with Crippen molar-refractivity contribution in [1.82, 2.24) is 14.3 Å². The van der Waals surface area contributed by atoms with E-state index >= 15 is 0 Å². The Bertz CT molecular complexity index is 1230. The van der Waals surface area contributed by atoms with E-state index in [0.29, 0.717) is 13.1 Å². The average Bonchev–Trinajstić information content (AvgIpc) is 2.85. The van der Waals surface area contributed by atoms with Crippen LogP contribution < -0.4 is 5.32 Å². The summed E-state index contributed by atoms with van der Waals surface area (Å²) in [5.41, 5.74) is 4.32. The third-order valence-corrected chi connectivity index (χ3v) is 9.53. The minimum atomic E-state index is -3.17. The monoisotopic (exact) mass is 464 g/mol. The lowest BCUT2D eigenvalue weighted by molar-refractivity contribution is 0.320. The van der Waals surface area contributed by atoms with E-state index in [0.717, 1.165) is 71.8 Å². The normalized spacial score (nSPS) is 19.1. The van der Waals surface area contributed by atoms with Crippen LogP contribution in [0.4, 0.5) is 5.69 Å². The number of hydrogen-bond donors (Lipinski definition) is 1. The quantitative estimate of drug-likeness (QED) is 0.566. The van der Waals surface area contributed by atoms with Crippen LogP contribution in [0.25, 0.3) is 21.9 Å². The number of anilines is 1. The van der Waals surface area contributed by atoms with Gasteiger partial charge < -0.3 is 5.32 Å². The van der Waals surface area contributed by atoms with Gasteiger partial charge in [-0.3, -0.25) is 9.97 Å². The molecule has 0 radical (unpaired) electrons. The average molecular weight is 465 g/mol. The molecule has 1 N–H and O–H groups in total. The second kappa shape index (κ2) is 9.39. The first-order valence-corrected chi connectivity index (χ1v) is 13.6. The van der Waals surface area contributed by atoms with Gasteiger partial charge in [0.15, 0.2) is 0 Å². The summed E-state index contributed by atoms with van der Waals surface area (Å²) in [7, 11) is -3.17. The van der Waals surface area contributed by atoms with E-state index in [4.69, 9.17) is 0 Å². The van der Waals surface area contributed by atoms with E-state index in [1.807, 2.05) is 37.6 Å². The first-order valence-electron chi connectivity index (χ1n) is 12.1. The van der Waals surface area contributed by atoms with Crippen molar-refractivity contribution in [3.05, 3.63) is 54.6 Å². The summed E-state index contributed by atoms with van der Waals surface area (Å²) in [4.78, 5) is 8.67. The molecule has 0 amide bonds. The summed E-state index contributed by atoms with van der Waals surface area (Å²) in [6.45, 7) is 3.19. The van der Waals surface area contributed by atoms with Gasteiger partial charge in [-0.25, -0.2) is 12.7 Å². The van der Waals surface area contributed by atoms with Gasteiger partial charge in [0.25, 0.3) is 0 Å². The fourth-order valence-corrected chi connectivity index (χ4v) is 7.33. The van der Waals surface area contributed by atoms with Crippen molar-refractivity contribution in [3.8, 4) is 11.1 Å². The highest BCUT2D eigenvalue weighted by Crippen LogP contribution is 2.33. The summed E-state index contributed by atoms with van der Waals surface area (Å²) in [5.74, 6) is 0. The number of pyridine rings is 2. The van der Waals surface area contributed by atoms with Crippen LogP contribution in [0, 0.1) is 6.92 Å². The number of piperidine rings is 1. The van der Waals surface area contributed by atoms with Crippen LogP contribution in [0.1, 0.15) is 50.6 Å². The number of nitrogens with one attached hydrogen (secondary N) is 1. The van der Waals surface area contributed by atoms with Crippen LogP contribution in [0.2, 0.25) is 0 Å². The second-order valence-electron chi connectivity index (χ2n) is 9.43. The number of nitrogens with zero attached hydrogens (tertiary/aromatic N) is 3. The topological polar surface area (TPSA) is 75.2 Å². The Morgan fingerprint density at radius 2 is 1.73 bits per heavy atom. The molecule has 7 heteroatoms. The van der Waals surface area contributed by atoms with Crippen LogP contribution >= 0.6 is 0 Å². The Morgan fingerprint density at radius 3 is 2.48 bits per heavy atom. The van der Waals surface area contributed by atoms with Gasteiger partial charge in [0, 0.05) is 54.5 Å². The molecule has 5 rings (SSSR count). The van der Waals surface area contributed by atoms with E-state index < -0.39 is 10.0 Å². The second-order valence-corrected chi connectivity index (χ2v) is 11.6. The summed E-state index contributed by atoms with van der Waals surface area (Å²) in [6, 6.07) is 10.8. The number of sulfonamides is 1. The Hall–Kier alpha value is -2.51. The highest BCUT2D eigenvalue weighted by atomic mass is 32.2. The smallest absolute Gasteiger partial charge is 0.216 e. The van der Waals surface area contributed by atoms with Crippen LogP contribution in [0.3, 0.4) is 0 Å². The van der Waals surface area contributed by atoms with E-state index in [1.165, 1.54) is 6.42 Å². The number of hydrogen-bond acceptors (Lipinski definition) is 5. The zero-order chi connectivity index (χ0) is 22.8. The molecule has 1 saturated carbocycles. The predicted molar refractivity (Wildman–Crippen MR) is 134 cm³/mol. The molecule has 1 aliphatic carbocycles. The number of benzene rings is 1. The van der Waals surface area contributed by atoms with Crippen molar-refractivity contribution in [1.29, 1.82) is 0 Å². The Kier molecular flexibility index (Phi) is 6.34. The molecule has 174 valence electrons. The van der Waals surface area contributed by atoms with Crippen molar-refractivity contribution >= 4 is 26.5 Å². The lowest BCUT2D eigenvalue weighted by Gasteiger charge is -2.35. The molecule has 0 spiro atoms. The van der Waals surface area contributed by atoms with Crippen molar-refractivity contribution in [2.24, 2.45) is 0 Å². The molecule has 1 saturated heterocycles. The maximum atomic E-state index is 13.1. The number of rotatable bonds is 5. The first-order chi connectivity index (χ1) is 16.0. The maximum absolute atomic E-state index is 13.1. The zero-order valence-electron chi connectivity index (χ0n) is 19.2. The van der Waals surface area contributed by atoms with Gasteiger partial charge in [-0.05, 0) is 79.5 Å². The zero-order valence-corrected chi connectivity index (χ0v) is 20.0. The lowest BCUT2D eigenvalue weighted by atomic mass is 9.99. The standard InChI is InChI=1S/C26H32N4O2S/c1-19-15-20(8-12-28-19)22-16-21-7-11-27-18-25(21)26(17-22)29-23-9-13-30(14-10-23)33(31,32)24-5-3-2-4-6-24/h7-8,11-12,15-18,23-24,29H,2-6,9-10,13-14H2,1H3. The molecule has 1 aliphatic heterocycles. The van der Waals surface area contributed by atoms with Gasteiger partial charge in [0.2, 0.25) is 10.0 Å². The molecular weight excluding hydrogens is 432 g/mol. The summed E-state index contributed by atoms with van der Waals surface area (Å²) in [5, 5.41) is 5.77. The van der Waals surface area contributed by atoms with Crippen LogP contribution in [-0.4, -0.2) is 47.1 Å². The van der Waals surface area contributed by atoms with Crippen molar-refractivity contribution < 1.29 is 8.42 Å². The largest absolute Gasteiger partial charge is 0.382 e. The van der Waals surface area contributed by atoms with Gasteiger partial charge in [-0.2, -0.15) is 0 Å². The SMILES string of the molecule is Cc1cc(-c2cc(NC3CCN(S(=O)(=O)C4CCCCC4)CC3)c3cnccc3c2)ccn1. The van der Waals surface area contributed by atoms with Crippen molar-refractivity contribution in [2.75, 3.05) is 18.4 Å². The molecule has 2 aromatic heterocycles. The third-order valence-electron chi connectivity index (χ3n) is 7.13. The molecule has 6 nitrogen and oxygen atoms in total. The van der Waals surface area contributed by atoms with Crippen molar-refractivity contribution in [3.63, 3.8) is 0 Å². The first kappa shape index (κ1) is 22.3. The van der Waals surface area contributed by atoms with Gasteiger partial charge in [0.05, 0.1) is 5.25 Å². The van der Waals surface area contributed by atoms with Crippen LogP contribution in [-0.2, 0) is 10.0 Å². The number of fused-ring (bicyclic) bond motifs is 1. The molecule has 3 aromatic rings. The fourth-order valence-electron chi connectivity index (χ4n) is 5.26.